The summed E-state index contributed by atoms with van der Waals surface area (Å²) in [4.78, 5) is 12.1. The molecule has 0 saturated heterocycles. The zero-order valence-electron chi connectivity index (χ0n) is 11.4. The van der Waals surface area contributed by atoms with Gasteiger partial charge in [0.2, 0.25) is 0 Å². The van der Waals surface area contributed by atoms with Crippen LogP contribution in [0.15, 0.2) is 24.3 Å². The summed E-state index contributed by atoms with van der Waals surface area (Å²) in [5.74, 6) is 0.714. The normalized spacial score (nSPS) is 16.2. The number of amides is 1. The van der Waals surface area contributed by atoms with Crippen LogP contribution in [-0.4, -0.2) is 23.9 Å². The predicted molar refractivity (Wildman–Crippen MR) is 80.0 cm³/mol. The molecule has 1 aromatic rings. The molecule has 1 amide bonds. The first-order chi connectivity index (χ1) is 9.04. The van der Waals surface area contributed by atoms with Gasteiger partial charge in [0, 0.05) is 17.4 Å². The van der Waals surface area contributed by atoms with E-state index in [0.717, 1.165) is 17.6 Å². The van der Waals surface area contributed by atoms with Crippen LogP contribution in [0, 0.1) is 5.41 Å². The van der Waals surface area contributed by atoms with Gasteiger partial charge in [0.05, 0.1) is 6.10 Å². The topological polar surface area (TPSA) is 38.3 Å². The molecule has 0 bridgehead atoms. The summed E-state index contributed by atoms with van der Waals surface area (Å²) >= 11 is 3.51. The molecule has 0 radical (unpaired) electrons. The zero-order valence-corrected chi connectivity index (χ0v) is 13.0. The molecule has 0 unspecified atom stereocenters. The van der Waals surface area contributed by atoms with Crippen LogP contribution >= 0.6 is 15.9 Å². The fraction of sp³-hybridized carbons (Fsp3) is 0.533. The smallest absolute Gasteiger partial charge is 0.251 e. The largest absolute Gasteiger partial charge is 0.491 e. The molecule has 4 heteroatoms. The Kier molecular flexibility index (Phi) is 4.50. The van der Waals surface area contributed by atoms with Gasteiger partial charge < -0.3 is 10.1 Å². The summed E-state index contributed by atoms with van der Waals surface area (Å²) in [5, 5.41) is 3.96. The predicted octanol–water partition coefficient (Wildman–Crippen LogP) is 3.38. The monoisotopic (exact) mass is 325 g/mol. The van der Waals surface area contributed by atoms with E-state index in [4.69, 9.17) is 4.74 Å². The molecule has 2 rings (SSSR count). The lowest BCUT2D eigenvalue weighted by Gasteiger charge is -2.14. The highest BCUT2D eigenvalue weighted by molar-refractivity contribution is 9.09. The first-order valence-corrected chi connectivity index (χ1v) is 7.78. The van der Waals surface area contributed by atoms with Gasteiger partial charge in [-0.15, -0.1) is 0 Å². The second-order valence-corrected chi connectivity index (χ2v) is 6.07. The van der Waals surface area contributed by atoms with E-state index in [1.165, 1.54) is 12.8 Å². The lowest BCUT2D eigenvalue weighted by molar-refractivity contribution is 0.0946. The molecule has 0 spiro atoms. The summed E-state index contributed by atoms with van der Waals surface area (Å²) in [6.45, 7) is 4.69. The van der Waals surface area contributed by atoms with Crippen LogP contribution in [0.2, 0.25) is 0 Å². The van der Waals surface area contributed by atoms with Crippen LogP contribution in [0.3, 0.4) is 0 Å². The lowest BCUT2D eigenvalue weighted by atomic mass is 10.1. The maximum Gasteiger partial charge on any atom is 0.251 e. The first-order valence-electron chi connectivity index (χ1n) is 6.66. The van der Waals surface area contributed by atoms with Crippen molar-refractivity contribution in [2.24, 2.45) is 5.41 Å². The van der Waals surface area contributed by atoms with Crippen LogP contribution in [0.25, 0.3) is 0 Å². The fourth-order valence-corrected chi connectivity index (χ4v) is 2.65. The highest BCUT2D eigenvalue weighted by Crippen LogP contribution is 2.46. The minimum Gasteiger partial charge on any atom is -0.491 e. The average molecular weight is 326 g/mol. The Hall–Kier alpha value is -1.03. The Labute approximate surface area is 122 Å². The van der Waals surface area contributed by atoms with E-state index < -0.39 is 0 Å². The number of halogens is 1. The number of hydrogen-bond donors (Lipinski definition) is 1. The van der Waals surface area contributed by atoms with Gasteiger partial charge in [-0.3, -0.25) is 4.79 Å². The van der Waals surface area contributed by atoms with Crippen molar-refractivity contribution in [3.63, 3.8) is 0 Å². The second kappa shape index (κ2) is 5.95. The Balaban J connectivity index is 1.95. The van der Waals surface area contributed by atoms with E-state index in [9.17, 15) is 4.79 Å². The van der Waals surface area contributed by atoms with Gasteiger partial charge in [-0.1, -0.05) is 22.0 Å². The highest BCUT2D eigenvalue weighted by atomic mass is 79.9. The molecule has 0 atom stereocenters. The summed E-state index contributed by atoms with van der Waals surface area (Å²) < 4.78 is 5.60. The minimum absolute atomic E-state index is 0.0265. The van der Waals surface area contributed by atoms with Gasteiger partial charge in [-0.25, -0.2) is 0 Å². The minimum atomic E-state index is -0.0265. The fourth-order valence-electron chi connectivity index (χ4n) is 1.89. The molecule has 1 aromatic carbocycles. The standard InChI is InChI=1S/C15H20BrNO2/c1-11(2)19-13-5-3-4-12(8-13)14(18)17-10-15(9-16)6-7-15/h3-5,8,11H,6-7,9-10H2,1-2H3,(H,17,18). The Morgan fingerprint density at radius 3 is 2.79 bits per heavy atom. The van der Waals surface area contributed by atoms with Gasteiger partial charge in [0.25, 0.3) is 5.91 Å². The Morgan fingerprint density at radius 2 is 2.21 bits per heavy atom. The number of alkyl halides is 1. The van der Waals surface area contributed by atoms with Crippen molar-refractivity contribution in [3.8, 4) is 5.75 Å². The molecule has 1 aliphatic rings. The Bertz CT molecular complexity index is 455. The third-order valence-electron chi connectivity index (χ3n) is 3.33. The van der Waals surface area contributed by atoms with Crippen LogP contribution < -0.4 is 10.1 Å². The van der Waals surface area contributed by atoms with E-state index in [-0.39, 0.29) is 12.0 Å². The number of ether oxygens (including phenoxy) is 1. The van der Waals surface area contributed by atoms with E-state index >= 15 is 0 Å². The number of carbonyl (C=O) groups excluding carboxylic acids is 1. The summed E-state index contributed by atoms with van der Waals surface area (Å²) in [6, 6.07) is 7.33. The maximum atomic E-state index is 12.1. The van der Waals surface area contributed by atoms with Crippen LogP contribution in [0.5, 0.6) is 5.75 Å². The SMILES string of the molecule is CC(C)Oc1cccc(C(=O)NCC2(CBr)CC2)c1. The van der Waals surface area contributed by atoms with Gasteiger partial charge in [-0.2, -0.15) is 0 Å². The van der Waals surface area contributed by atoms with E-state index in [0.29, 0.717) is 11.0 Å². The molecule has 0 aromatic heterocycles. The van der Waals surface area contributed by atoms with Gasteiger partial charge >= 0.3 is 0 Å². The van der Waals surface area contributed by atoms with Crippen LogP contribution in [0.4, 0.5) is 0 Å². The molecular formula is C15H20BrNO2. The van der Waals surface area contributed by atoms with Crippen molar-refractivity contribution in [1.82, 2.24) is 5.32 Å². The van der Waals surface area contributed by atoms with Gasteiger partial charge in [0.15, 0.2) is 0 Å². The first kappa shape index (κ1) is 14.4. The van der Waals surface area contributed by atoms with Gasteiger partial charge in [0.1, 0.15) is 5.75 Å². The summed E-state index contributed by atoms with van der Waals surface area (Å²) in [5.41, 5.74) is 0.949. The molecule has 1 aliphatic carbocycles. The van der Waals surface area contributed by atoms with E-state index in [1.54, 1.807) is 6.07 Å². The van der Waals surface area contributed by atoms with Gasteiger partial charge in [-0.05, 0) is 50.3 Å². The van der Waals surface area contributed by atoms with Crippen molar-refractivity contribution in [2.75, 3.05) is 11.9 Å². The molecule has 3 nitrogen and oxygen atoms in total. The van der Waals surface area contributed by atoms with E-state index in [2.05, 4.69) is 21.2 Å². The maximum absolute atomic E-state index is 12.1. The average Bonchev–Trinajstić information content (AvgIpc) is 3.16. The van der Waals surface area contributed by atoms with Crippen LogP contribution in [0.1, 0.15) is 37.0 Å². The second-order valence-electron chi connectivity index (χ2n) is 5.51. The van der Waals surface area contributed by atoms with Crippen LogP contribution in [-0.2, 0) is 0 Å². The molecule has 1 fully saturated rings. The van der Waals surface area contributed by atoms with E-state index in [1.807, 2.05) is 32.0 Å². The number of carbonyl (C=O) groups is 1. The third-order valence-corrected chi connectivity index (χ3v) is 4.52. The van der Waals surface area contributed by atoms with Crippen molar-refractivity contribution in [2.45, 2.75) is 32.8 Å². The molecule has 1 N–H and O–H groups in total. The van der Waals surface area contributed by atoms with Crippen molar-refractivity contribution >= 4 is 21.8 Å². The molecular weight excluding hydrogens is 306 g/mol. The number of rotatable bonds is 6. The molecule has 19 heavy (non-hydrogen) atoms. The molecule has 1 saturated carbocycles. The highest BCUT2D eigenvalue weighted by Gasteiger charge is 2.41. The number of hydrogen-bond acceptors (Lipinski definition) is 2. The van der Waals surface area contributed by atoms with Crippen molar-refractivity contribution < 1.29 is 9.53 Å². The lowest BCUT2D eigenvalue weighted by Crippen LogP contribution is -2.30. The van der Waals surface area contributed by atoms with Crippen molar-refractivity contribution in [1.29, 1.82) is 0 Å². The van der Waals surface area contributed by atoms with Crippen molar-refractivity contribution in [3.05, 3.63) is 29.8 Å². The third kappa shape index (κ3) is 3.96. The molecule has 0 aliphatic heterocycles. The number of nitrogens with one attached hydrogen (secondary N) is 1. The Morgan fingerprint density at radius 1 is 1.47 bits per heavy atom. The zero-order chi connectivity index (χ0) is 13.9. The number of benzene rings is 1. The summed E-state index contributed by atoms with van der Waals surface area (Å²) in [7, 11) is 0. The quantitative estimate of drug-likeness (QED) is 0.814. The summed E-state index contributed by atoms with van der Waals surface area (Å²) in [6.07, 6.45) is 2.49. The molecule has 104 valence electrons. The molecule has 0 heterocycles.